The molecule has 374 valence electrons. The van der Waals surface area contributed by atoms with Gasteiger partial charge in [-0.2, -0.15) is 11.8 Å². The quantitative estimate of drug-likeness (QED) is 0.0265. The Labute approximate surface area is 404 Å². The highest BCUT2D eigenvalue weighted by Gasteiger charge is 2.45. The zero-order valence-electron chi connectivity index (χ0n) is 38.3. The van der Waals surface area contributed by atoms with E-state index in [2.05, 4.69) is 37.2 Å². The van der Waals surface area contributed by atoms with E-state index in [1.165, 1.54) is 0 Å². The SMILES string of the molecule is O=C(O)C[C@H]1CCC(=O)[C@H]1C/C=C\CCO[C@@H]1O[C@H](CNC(=O)CNC(=O)CNC(=O)CNC(=O)CCCC[C@@H]2SC[C@@H]3NC(=O)N[C@@H]32)[C@@H](O)[C@H](O)[C@H]1NCc1ccc(C(=O)c2ccccc2)cc1. The lowest BCUT2D eigenvalue weighted by Gasteiger charge is -2.43. The number of allylic oxidation sites excluding steroid dienone is 1. The van der Waals surface area contributed by atoms with E-state index < -0.39 is 67.4 Å². The number of Topliss-reactive ketones (excluding diaryl/α,β-unsaturated/α-hetero) is 1. The second-order valence-electron chi connectivity index (χ2n) is 17.7. The van der Waals surface area contributed by atoms with Gasteiger partial charge in [-0.25, -0.2) is 4.79 Å². The van der Waals surface area contributed by atoms with Crippen LogP contribution in [-0.2, 0) is 44.8 Å². The van der Waals surface area contributed by atoms with Crippen LogP contribution >= 0.6 is 11.8 Å². The topological polar surface area (TPSA) is 300 Å². The lowest BCUT2D eigenvalue weighted by Crippen LogP contribution is -2.64. The molecule has 2 aromatic rings. The van der Waals surface area contributed by atoms with Gasteiger partial charge in [0, 0.05) is 60.4 Å². The number of fused-ring (bicyclic) bond motifs is 1. The Morgan fingerprint density at radius 1 is 0.812 bits per heavy atom. The van der Waals surface area contributed by atoms with E-state index in [1.807, 2.05) is 18.2 Å². The molecular formula is C48H63N7O13S. The standard InChI is InChI=1S/C48H63N7O13S/c56-34-19-18-31(21-41(61)62)32(34)11-5-2-8-20-67-47-43(53-22-28-14-16-30(17-15-28)44(63)29-9-3-1-4-10-29)46(65)45(64)35(68-47)23-49-38(58)25-51-40(60)26-52-39(59)24-50-37(57)13-7-6-12-36-42-33(27-69-36)54-48(66)55-42/h1-5,9-10,14-17,31-33,35-36,42-43,45-47,53,64-65H,6-8,11-13,18-27H2,(H,49,58)(H,50,57)(H,51,60)(H,52,59)(H,61,62)(H2,54,55,66)/b5-2-/t31-,32+,33+,35-,36+,42+,43-,45-,46-,47-/m1/s1. The van der Waals surface area contributed by atoms with Gasteiger partial charge in [-0.3, -0.25) is 33.6 Å². The van der Waals surface area contributed by atoms with Crippen molar-refractivity contribution >= 4 is 59.0 Å². The molecule has 6 rings (SSSR count). The fraction of sp³-hybridized carbons (Fsp3) is 0.542. The summed E-state index contributed by atoms with van der Waals surface area (Å²) in [6.07, 6.45) is 2.61. The number of unbranched alkanes of at least 4 members (excludes halogenated alkanes) is 1. The average Bonchev–Trinajstić information content (AvgIpc) is 4.02. The lowest BCUT2D eigenvalue weighted by molar-refractivity contribution is -0.263. The minimum Gasteiger partial charge on any atom is -0.481 e. The predicted molar refractivity (Wildman–Crippen MR) is 251 cm³/mol. The van der Waals surface area contributed by atoms with Crippen LogP contribution in [0.3, 0.4) is 0 Å². The molecule has 2 aromatic carbocycles. The van der Waals surface area contributed by atoms with Crippen molar-refractivity contribution in [2.24, 2.45) is 11.8 Å². The minimum absolute atomic E-state index is 0.0522. The van der Waals surface area contributed by atoms with E-state index in [4.69, 9.17) is 9.47 Å². The minimum atomic E-state index is -1.49. The van der Waals surface area contributed by atoms with Crippen molar-refractivity contribution < 1.29 is 63.1 Å². The summed E-state index contributed by atoms with van der Waals surface area (Å²) in [7, 11) is 0. The van der Waals surface area contributed by atoms with E-state index in [1.54, 1.807) is 60.3 Å². The highest BCUT2D eigenvalue weighted by molar-refractivity contribution is 8.00. The number of thioether (sulfide) groups is 1. The number of amides is 6. The molecule has 1 saturated carbocycles. The van der Waals surface area contributed by atoms with Crippen LogP contribution in [0.2, 0.25) is 0 Å². The molecule has 6 amide bonds. The highest BCUT2D eigenvalue weighted by Crippen LogP contribution is 2.35. The van der Waals surface area contributed by atoms with E-state index >= 15 is 0 Å². The van der Waals surface area contributed by atoms with Crippen LogP contribution in [0.1, 0.15) is 79.3 Å². The van der Waals surface area contributed by atoms with Gasteiger partial charge < -0.3 is 62.0 Å². The third kappa shape index (κ3) is 15.9. The summed E-state index contributed by atoms with van der Waals surface area (Å²) < 4.78 is 12.2. The number of carbonyl (C=O) groups is 8. The second kappa shape index (κ2) is 26.3. The van der Waals surface area contributed by atoms with Gasteiger partial charge >= 0.3 is 12.0 Å². The number of aliphatic hydroxyl groups is 2. The van der Waals surface area contributed by atoms with Crippen molar-refractivity contribution in [2.45, 2.75) is 112 Å². The molecule has 4 aliphatic rings. The van der Waals surface area contributed by atoms with Gasteiger partial charge in [0.15, 0.2) is 12.1 Å². The lowest BCUT2D eigenvalue weighted by atomic mass is 9.89. The first-order valence-corrected chi connectivity index (χ1v) is 24.5. The van der Waals surface area contributed by atoms with Crippen LogP contribution in [0, 0.1) is 11.8 Å². The third-order valence-electron chi connectivity index (χ3n) is 12.7. The monoisotopic (exact) mass is 977 g/mol. The second-order valence-corrected chi connectivity index (χ2v) is 18.9. The molecular weight excluding hydrogens is 915 g/mol. The van der Waals surface area contributed by atoms with E-state index in [0.717, 1.165) is 24.2 Å². The Balaban J connectivity index is 0.915. The van der Waals surface area contributed by atoms with E-state index in [-0.39, 0.29) is 86.5 Å². The number of carboxylic acids is 1. The first-order valence-electron chi connectivity index (χ1n) is 23.5. The van der Waals surface area contributed by atoms with Crippen LogP contribution < -0.4 is 37.2 Å². The number of carbonyl (C=O) groups excluding carboxylic acids is 7. The Morgan fingerprint density at radius 3 is 2.20 bits per heavy atom. The number of hydrogen-bond acceptors (Lipinski definition) is 14. The largest absolute Gasteiger partial charge is 0.481 e. The molecule has 3 saturated heterocycles. The Hall–Kier alpha value is -5.71. The molecule has 0 aromatic heterocycles. The maximum atomic E-state index is 12.9. The molecule has 10 N–H and O–H groups in total. The molecule has 0 radical (unpaired) electrons. The fourth-order valence-corrected chi connectivity index (χ4v) is 10.5. The van der Waals surface area contributed by atoms with Gasteiger partial charge in [0.25, 0.3) is 0 Å². The molecule has 69 heavy (non-hydrogen) atoms. The molecule has 21 heteroatoms. The number of carboxylic acid groups (broad SMARTS) is 1. The number of ether oxygens (including phenoxy) is 2. The Bertz CT molecular complexity index is 2150. The zero-order chi connectivity index (χ0) is 49.3. The number of ketones is 2. The summed E-state index contributed by atoms with van der Waals surface area (Å²) in [6, 6.07) is 14.9. The summed E-state index contributed by atoms with van der Waals surface area (Å²) in [5.74, 6) is -2.94. The van der Waals surface area contributed by atoms with Crippen molar-refractivity contribution in [3.63, 3.8) is 0 Å². The molecule has 3 heterocycles. The normalized spacial score (nSPS) is 26.2. The number of urea groups is 1. The predicted octanol–water partition coefficient (Wildman–Crippen LogP) is 0.436. The van der Waals surface area contributed by atoms with Crippen LogP contribution in [0.15, 0.2) is 66.7 Å². The van der Waals surface area contributed by atoms with Gasteiger partial charge in [-0.1, -0.05) is 73.2 Å². The summed E-state index contributed by atoms with van der Waals surface area (Å²) >= 11 is 1.80. The molecule has 10 atom stereocenters. The number of benzene rings is 2. The van der Waals surface area contributed by atoms with Gasteiger partial charge in [-0.05, 0) is 43.6 Å². The summed E-state index contributed by atoms with van der Waals surface area (Å²) in [5.41, 5.74) is 1.82. The molecule has 0 unspecified atom stereocenters. The molecule has 20 nitrogen and oxygen atoms in total. The molecule has 4 fully saturated rings. The van der Waals surface area contributed by atoms with Gasteiger partial charge in [0.05, 0.1) is 44.4 Å². The van der Waals surface area contributed by atoms with Crippen molar-refractivity contribution in [3.05, 3.63) is 83.4 Å². The third-order valence-corrected chi connectivity index (χ3v) is 14.2. The molecule has 0 spiro atoms. The molecule has 3 aliphatic heterocycles. The summed E-state index contributed by atoms with van der Waals surface area (Å²) in [6.45, 7) is -1.22. The number of nitrogens with one attached hydrogen (secondary N) is 7. The smallest absolute Gasteiger partial charge is 0.315 e. The summed E-state index contributed by atoms with van der Waals surface area (Å²) in [5, 5.41) is 50.9. The first kappa shape index (κ1) is 52.7. The van der Waals surface area contributed by atoms with Crippen LogP contribution in [0.25, 0.3) is 0 Å². The van der Waals surface area contributed by atoms with Crippen LogP contribution in [0.4, 0.5) is 4.79 Å². The van der Waals surface area contributed by atoms with Crippen LogP contribution in [0.5, 0.6) is 0 Å². The van der Waals surface area contributed by atoms with Crippen molar-refractivity contribution in [1.29, 1.82) is 0 Å². The molecule has 1 aliphatic carbocycles. The van der Waals surface area contributed by atoms with Crippen molar-refractivity contribution in [3.8, 4) is 0 Å². The number of aliphatic hydroxyl groups excluding tert-OH is 2. The number of aliphatic carboxylic acids is 1. The van der Waals surface area contributed by atoms with E-state index in [0.29, 0.717) is 48.5 Å². The molecule has 0 bridgehead atoms. The number of hydrogen-bond donors (Lipinski definition) is 10. The van der Waals surface area contributed by atoms with Crippen LogP contribution in [-0.4, -0.2) is 149 Å². The summed E-state index contributed by atoms with van der Waals surface area (Å²) in [4.78, 5) is 97.9. The Kier molecular flexibility index (Phi) is 20.1. The van der Waals surface area contributed by atoms with Crippen molar-refractivity contribution in [1.82, 2.24) is 37.2 Å². The first-order chi connectivity index (χ1) is 33.2. The maximum absolute atomic E-state index is 12.9. The average molecular weight is 978 g/mol. The Morgan fingerprint density at radius 2 is 1.49 bits per heavy atom. The van der Waals surface area contributed by atoms with Gasteiger partial charge in [0.2, 0.25) is 23.6 Å². The maximum Gasteiger partial charge on any atom is 0.315 e. The van der Waals surface area contributed by atoms with Gasteiger partial charge in [0.1, 0.15) is 24.1 Å². The van der Waals surface area contributed by atoms with Crippen molar-refractivity contribution in [2.75, 3.05) is 38.5 Å². The number of rotatable bonds is 26. The van der Waals surface area contributed by atoms with E-state index in [9.17, 15) is 53.7 Å². The van der Waals surface area contributed by atoms with Gasteiger partial charge in [-0.15, -0.1) is 0 Å². The zero-order valence-corrected chi connectivity index (χ0v) is 39.1. The highest BCUT2D eigenvalue weighted by atomic mass is 32.2. The fourth-order valence-electron chi connectivity index (χ4n) is 8.91.